The van der Waals surface area contributed by atoms with Crippen LogP contribution >= 0.6 is 11.6 Å². The molecule has 0 aromatic heterocycles. The lowest BCUT2D eigenvalue weighted by atomic mass is 10.2. The highest BCUT2D eigenvalue weighted by Crippen LogP contribution is 2.21. The quantitative estimate of drug-likeness (QED) is 0.838. The normalized spacial score (nSPS) is 19.6. The van der Waals surface area contributed by atoms with Gasteiger partial charge in [0.1, 0.15) is 0 Å². The van der Waals surface area contributed by atoms with Gasteiger partial charge in [0.25, 0.3) is 5.91 Å². The van der Waals surface area contributed by atoms with Crippen LogP contribution in [0.5, 0.6) is 0 Å². The first-order valence-electron chi connectivity index (χ1n) is 5.60. The van der Waals surface area contributed by atoms with Gasteiger partial charge in [0, 0.05) is 17.1 Å². The van der Waals surface area contributed by atoms with Gasteiger partial charge in [-0.25, -0.2) is 5.90 Å². The maximum Gasteiger partial charge on any atom is 0.254 e. The first kappa shape index (κ1) is 12.4. The first-order chi connectivity index (χ1) is 8.22. The van der Waals surface area contributed by atoms with Crippen LogP contribution in [0.25, 0.3) is 0 Å². The molecule has 1 atom stereocenters. The van der Waals surface area contributed by atoms with E-state index < -0.39 is 0 Å². The molecule has 4 nitrogen and oxygen atoms in total. The van der Waals surface area contributed by atoms with Gasteiger partial charge in [0.15, 0.2) is 0 Å². The van der Waals surface area contributed by atoms with Crippen LogP contribution in [-0.4, -0.2) is 30.0 Å². The van der Waals surface area contributed by atoms with E-state index in [0.29, 0.717) is 17.2 Å². The SMILES string of the molecule is NOCC1CCCN1C(=O)c1cccc(Cl)c1. The van der Waals surface area contributed by atoms with Gasteiger partial charge in [0.05, 0.1) is 12.6 Å². The number of amides is 1. The summed E-state index contributed by atoms with van der Waals surface area (Å²) in [7, 11) is 0. The molecule has 0 saturated carbocycles. The molecule has 1 saturated heterocycles. The second-order valence-electron chi connectivity index (χ2n) is 4.14. The number of nitrogens with zero attached hydrogens (tertiary/aromatic N) is 1. The molecule has 17 heavy (non-hydrogen) atoms. The monoisotopic (exact) mass is 254 g/mol. The summed E-state index contributed by atoms with van der Waals surface area (Å²) in [5.41, 5.74) is 0.612. The fourth-order valence-electron chi connectivity index (χ4n) is 2.17. The molecule has 0 radical (unpaired) electrons. The van der Waals surface area contributed by atoms with Crippen LogP contribution in [0.3, 0.4) is 0 Å². The number of hydrogen-bond acceptors (Lipinski definition) is 3. The van der Waals surface area contributed by atoms with E-state index in [4.69, 9.17) is 17.5 Å². The van der Waals surface area contributed by atoms with E-state index in [1.165, 1.54) is 0 Å². The van der Waals surface area contributed by atoms with Crippen LogP contribution in [-0.2, 0) is 4.84 Å². The molecular formula is C12H15ClN2O2. The summed E-state index contributed by atoms with van der Waals surface area (Å²) in [6.45, 7) is 1.13. The molecule has 1 aromatic rings. The van der Waals surface area contributed by atoms with Crippen molar-refractivity contribution in [1.82, 2.24) is 4.90 Å². The minimum atomic E-state index is -0.00736. The second-order valence-corrected chi connectivity index (χ2v) is 4.57. The van der Waals surface area contributed by atoms with Crippen LogP contribution in [0.1, 0.15) is 23.2 Å². The van der Waals surface area contributed by atoms with E-state index in [2.05, 4.69) is 4.84 Å². The summed E-state index contributed by atoms with van der Waals surface area (Å²) in [6, 6.07) is 7.06. The van der Waals surface area contributed by atoms with E-state index in [9.17, 15) is 4.79 Å². The lowest BCUT2D eigenvalue weighted by Gasteiger charge is -2.23. The molecule has 2 rings (SSSR count). The van der Waals surface area contributed by atoms with Gasteiger partial charge >= 0.3 is 0 Å². The van der Waals surface area contributed by atoms with Gasteiger partial charge in [-0.2, -0.15) is 0 Å². The summed E-state index contributed by atoms with van der Waals surface area (Å²) in [5.74, 6) is 5.07. The zero-order valence-electron chi connectivity index (χ0n) is 9.43. The molecule has 0 bridgehead atoms. The average molecular weight is 255 g/mol. The molecule has 1 amide bonds. The van der Waals surface area contributed by atoms with Crippen LogP contribution in [0.2, 0.25) is 5.02 Å². The minimum Gasteiger partial charge on any atom is -0.333 e. The first-order valence-corrected chi connectivity index (χ1v) is 5.98. The highest BCUT2D eigenvalue weighted by Gasteiger charge is 2.29. The topological polar surface area (TPSA) is 55.6 Å². The van der Waals surface area contributed by atoms with Crippen LogP contribution in [0.15, 0.2) is 24.3 Å². The number of rotatable bonds is 3. The predicted octanol–water partition coefficient (Wildman–Crippen LogP) is 1.83. The number of carbonyl (C=O) groups excluding carboxylic acids is 1. The highest BCUT2D eigenvalue weighted by atomic mass is 35.5. The Labute approximate surface area is 105 Å². The van der Waals surface area contributed by atoms with Gasteiger partial charge in [-0.3, -0.25) is 4.79 Å². The average Bonchev–Trinajstić information content (AvgIpc) is 2.77. The molecule has 0 spiro atoms. The molecule has 0 aliphatic carbocycles. The van der Waals surface area contributed by atoms with E-state index >= 15 is 0 Å². The smallest absolute Gasteiger partial charge is 0.254 e. The van der Waals surface area contributed by atoms with E-state index in [-0.39, 0.29) is 11.9 Å². The Balaban J connectivity index is 2.14. The standard InChI is InChI=1S/C12H15ClN2O2/c13-10-4-1-3-9(7-10)12(16)15-6-2-5-11(15)8-17-14/h1,3-4,7,11H,2,5-6,8,14H2. The Morgan fingerprint density at radius 2 is 2.41 bits per heavy atom. The number of likely N-dealkylation sites (tertiary alicyclic amines) is 1. The van der Waals surface area contributed by atoms with Crippen LogP contribution in [0, 0.1) is 0 Å². The number of halogens is 1. The fourth-order valence-corrected chi connectivity index (χ4v) is 2.37. The van der Waals surface area contributed by atoms with Crippen molar-refractivity contribution in [1.29, 1.82) is 0 Å². The molecule has 2 N–H and O–H groups in total. The lowest BCUT2D eigenvalue weighted by molar-refractivity contribution is 0.0540. The summed E-state index contributed by atoms with van der Waals surface area (Å²) in [5, 5.41) is 0.571. The van der Waals surface area contributed by atoms with Crippen molar-refractivity contribution in [2.45, 2.75) is 18.9 Å². The van der Waals surface area contributed by atoms with E-state index in [1.54, 1.807) is 29.2 Å². The molecule has 92 valence electrons. The second kappa shape index (κ2) is 5.49. The summed E-state index contributed by atoms with van der Waals surface area (Å²) < 4.78 is 0. The van der Waals surface area contributed by atoms with Gasteiger partial charge in [-0.15, -0.1) is 0 Å². The van der Waals surface area contributed by atoms with Crippen LogP contribution < -0.4 is 5.90 Å². The zero-order chi connectivity index (χ0) is 12.3. The third-order valence-corrected chi connectivity index (χ3v) is 3.23. The highest BCUT2D eigenvalue weighted by molar-refractivity contribution is 6.30. The van der Waals surface area contributed by atoms with Crippen molar-refractivity contribution in [3.05, 3.63) is 34.9 Å². The Hall–Kier alpha value is -1.10. The van der Waals surface area contributed by atoms with E-state index in [0.717, 1.165) is 19.4 Å². The molecule has 5 heteroatoms. The number of benzene rings is 1. The van der Waals surface area contributed by atoms with Gasteiger partial charge in [-0.1, -0.05) is 17.7 Å². The predicted molar refractivity (Wildman–Crippen MR) is 65.6 cm³/mol. The number of nitrogens with two attached hydrogens (primary N) is 1. The Morgan fingerprint density at radius 3 is 3.12 bits per heavy atom. The molecule has 1 aromatic carbocycles. The van der Waals surface area contributed by atoms with Gasteiger partial charge in [0.2, 0.25) is 0 Å². The fraction of sp³-hybridized carbons (Fsp3) is 0.417. The third-order valence-electron chi connectivity index (χ3n) is 3.00. The minimum absolute atomic E-state index is 0.00736. The molecule has 1 unspecified atom stereocenters. The molecular weight excluding hydrogens is 240 g/mol. The van der Waals surface area contributed by atoms with Crippen molar-refractivity contribution < 1.29 is 9.63 Å². The molecule has 1 heterocycles. The number of hydrogen-bond donors (Lipinski definition) is 1. The van der Waals surface area contributed by atoms with Gasteiger partial charge in [-0.05, 0) is 31.0 Å². The maximum atomic E-state index is 12.3. The van der Waals surface area contributed by atoms with Crippen molar-refractivity contribution in [2.75, 3.05) is 13.2 Å². The largest absolute Gasteiger partial charge is 0.333 e. The summed E-state index contributed by atoms with van der Waals surface area (Å²) >= 11 is 5.88. The van der Waals surface area contributed by atoms with Crippen molar-refractivity contribution in [3.63, 3.8) is 0 Å². The Morgan fingerprint density at radius 1 is 1.59 bits per heavy atom. The molecule has 1 aliphatic rings. The zero-order valence-corrected chi connectivity index (χ0v) is 10.2. The third kappa shape index (κ3) is 2.77. The Kier molecular flexibility index (Phi) is 3.99. The summed E-state index contributed by atoms with van der Waals surface area (Å²) in [4.78, 5) is 18.7. The van der Waals surface area contributed by atoms with Crippen molar-refractivity contribution >= 4 is 17.5 Å². The van der Waals surface area contributed by atoms with Crippen molar-refractivity contribution in [2.24, 2.45) is 5.90 Å². The van der Waals surface area contributed by atoms with Gasteiger partial charge < -0.3 is 9.74 Å². The lowest BCUT2D eigenvalue weighted by Crippen LogP contribution is -2.38. The van der Waals surface area contributed by atoms with E-state index in [1.807, 2.05) is 0 Å². The molecule has 1 aliphatic heterocycles. The summed E-state index contributed by atoms with van der Waals surface area (Å²) in [6.07, 6.45) is 1.92. The Bertz CT molecular complexity index is 411. The maximum absolute atomic E-state index is 12.3. The van der Waals surface area contributed by atoms with Crippen molar-refractivity contribution in [3.8, 4) is 0 Å². The number of carbonyl (C=O) groups is 1. The molecule has 1 fully saturated rings. The van der Waals surface area contributed by atoms with Crippen LogP contribution in [0.4, 0.5) is 0 Å².